The first-order valence-electron chi connectivity index (χ1n) is 11.5. The minimum Gasteiger partial charge on any atom is -0.335 e. The average molecular weight is 452 g/mol. The lowest BCUT2D eigenvalue weighted by Crippen LogP contribution is -2.14. The second-order valence-electron chi connectivity index (χ2n) is 8.99. The Morgan fingerprint density at radius 3 is 2.32 bits per heavy atom. The molecule has 0 atom stereocenters. The van der Waals surface area contributed by atoms with Gasteiger partial charge in [-0.25, -0.2) is 4.98 Å². The molecular formula is C29H29N3O2. The maximum absolute atomic E-state index is 13.0. The maximum Gasteiger partial charge on any atom is 0.255 e. The molecule has 0 radical (unpaired) electrons. The fourth-order valence-electron chi connectivity index (χ4n) is 3.99. The number of aromatic nitrogens is 2. The van der Waals surface area contributed by atoms with Crippen LogP contribution in [0.3, 0.4) is 0 Å². The van der Waals surface area contributed by atoms with Gasteiger partial charge in [0.25, 0.3) is 5.91 Å². The summed E-state index contributed by atoms with van der Waals surface area (Å²) in [5.41, 5.74) is 6.01. The van der Waals surface area contributed by atoms with E-state index in [1.54, 1.807) is 12.1 Å². The number of rotatable bonds is 7. The summed E-state index contributed by atoms with van der Waals surface area (Å²) in [5.74, 6) is 0.446. The Morgan fingerprint density at radius 1 is 0.882 bits per heavy atom. The summed E-state index contributed by atoms with van der Waals surface area (Å²) >= 11 is 0. The fraction of sp³-hybridized carbons (Fsp3) is 0.207. The molecule has 0 spiro atoms. The third kappa shape index (κ3) is 4.99. The van der Waals surface area contributed by atoms with Crippen molar-refractivity contribution in [3.63, 3.8) is 0 Å². The van der Waals surface area contributed by atoms with Gasteiger partial charge in [-0.2, -0.15) is 0 Å². The van der Waals surface area contributed by atoms with Crippen LogP contribution in [0.4, 0.5) is 5.69 Å². The van der Waals surface area contributed by atoms with Crippen molar-refractivity contribution in [3.05, 3.63) is 101 Å². The Balaban J connectivity index is 1.56. The molecule has 0 unspecified atom stereocenters. The number of ketones is 1. The molecule has 0 saturated carbocycles. The van der Waals surface area contributed by atoms with Gasteiger partial charge < -0.3 is 10.3 Å². The number of anilines is 1. The number of amides is 1. The summed E-state index contributed by atoms with van der Waals surface area (Å²) in [7, 11) is 0. The number of H-pyrrole nitrogens is 1. The molecule has 3 aromatic carbocycles. The molecule has 0 fully saturated rings. The number of hydrogen-bond donors (Lipinski definition) is 2. The lowest BCUT2D eigenvalue weighted by atomic mass is 9.94. The Bertz CT molecular complexity index is 1350. The Hall–Kier alpha value is -3.99. The van der Waals surface area contributed by atoms with Gasteiger partial charge in [0.2, 0.25) is 5.78 Å². The van der Waals surface area contributed by atoms with Crippen LogP contribution in [0, 0.1) is 0 Å². The average Bonchev–Trinajstić information content (AvgIpc) is 3.27. The van der Waals surface area contributed by atoms with Crippen molar-refractivity contribution in [1.82, 2.24) is 9.97 Å². The normalized spacial score (nSPS) is 11.6. The van der Waals surface area contributed by atoms with Gasteiger partial charge >= 0.3 is 0 Å². The van der Waals surface area contributed by atoms with Crippen molar-refractivity contribution >= 4 is 34.5 Å². The molecule has 34 heavy (non-hydrogen) atoms. The van der Waals surface area contributed by atoms with Crippen LogP contribution in [-0.4, -0.2) is 21.7 Å². The molecule has 5 heteroatoms. The fourth-order valence-corrected chi connectivity index (χ4v) is 3.99. The molecule has 1 amide bonds. The Labute approximate surface area is 199 Å². The first-order valence-corrected chi connectivity index (χ1v) is 11.5. The highest BCUT2D eigenvalue weighted by Gasteiger charge is 2.14. The van der Waals surface area contributed by atoms with Gasteiger partial charge in [0, 0.05) is 11.3 Å². The molecule has 1 heterocycles. The zero-order chi connectivity index (χ0) is 24.2. The number of nitrogens with one attached hydrogen (secondary N) is 2. The number of hydrogen-bond acceptors (Lipinski definition) is 3. The molecular weight excluding hydrogens is 422 g/mol. The molecule has 0 aliphatic rings. The van der Waals surface area contributed by atoms with Crippen LogP contribution in [0.25, 0.3) is 17.1 Å². The van der Waals surface area contributed by atoms with Gasteiger partial charge in [0.1, 0.15) is 0 Å². The third-order valence-electron chi connectivity index (χ3n) is 5.84. The number of aromatic amines is 1. The summed E-state index contributed by atoms with van der Waals surface area (Å²) in [5, 5.41) is 3.05. The quantitative estimate of drug-likeness (QED) is 0.236. The predicted molar refractivity (Wildman–Crippen MR) is 138 cm³/mol. The minimum absolute atomic E-state index is 0.149. The molecule has 4 aromatic rings. The second kappa shape index (κ2) is 9.87. The standard InChI is InChI=1S/C29H29N3O2/c1-18(2)22-9-5-6-10-24(22)32-29(34)21-14-13-20(23(17-21)19(3)4)15-16-27(33)28-30-25-11-7-8-12-26(25)31-28/h5-19H,1-4H3,(H,30,31)(H,32,34). The van der Waals surface area contributed by atoms with E-state index in [9.17, 15) is 9.59 Å². The van der Waals surface area contributed by atoms with Crippen LogP contribution in [-0.2, 0) is 0 Å². The summed E-state index contributed by atoms with van der Waals surface area (Å²) < 4.78 is 0. The van der Waals surface area contributed by atoms with E-state index in [1.807, 2.05) is 60.7 Å². The van der Waals surface area contributed by atoms with Gasteiger partial charge in [-0.1, -0.05) is 70.2 Å². The van der Waals surface area contributed by atoms with Gasteiger partial charge in [-0.05, 0) is 64.9 Å². The second-order valence-corrected chi connectivity index (χ2v) is 8.99. The number of imidazole rings is 1. The number of carbonyl (C=O) groups excluding carboxylic acids is 2. The molecule has 2 N–H and O–H groups in total. The molecule has 5 nitrogen and oxygen atoms in total. The van der Waals surface area contributed by atoms with Crippen LogP contribution >= 0.6 is 0 Å². The van der Waals surface area contributed by atoms with E-state index in [4.69, 9.17) is 0 Å². The number of para-hydroxylation sites is 3. The monoisotopic (exact) mass is 451 g/mol. The van der Waals surface area contributed by atoms with Gasteiger partial charge in [-0.15, -0.1) is 0 Å². The summed E-state index contributed by atoms with van der Waals surface area (Å²) in [4.78, 5) is 33.1. The van der Waals surface area contributed by atoms with Gasteiger partial charge in [0.15, 0.2) is 5.82 Å². The first kappa shape index (κ1) is 23.2. The molecule has 1 aromatic heterocycles. The molecule has 0 bridgehead atoms. The number of fused-ring (bicyclic) bond motifs is 1. The van der Waals surface area contributed by atoms with E-state index >= 15 is 0 Å². The molecule has 0 saturated heterocycles. The van der Waals surface area contributed by atoms with E-state index in [0.717, 1.165) is 33.4 Å². The van der Waals surface area contributed by atoms with Crippen LogP contribution in [0.1, 0.15) is 77.2 Å². The molecule has 4 rings (SSSR count). The minimum atomic E-state index is -0.196. The highest BCUT2D eigenvalue weighted by molar-refractivity contribution is 6.07. The van der Waals surface area contributed by atoms with E-state index in [-0.39, 0.29) is 17.6 Å². The SMILES string of the molecule is CC(C)c1cc(C(=O)Nc2ccccc2C(C)C)ccc1C=CC(=O)c1nc2ccccc2[nH]1. The van der Waals surface area contributed by atoms with Crippen molar-refractivity contribution in [2.75, 3.05) is 5.32 Å². The number of carbonyl (C=O) groups is 2. The van der Waals surface area contributed by atoms with E-state index < -0.39 is 0 Å². The van der Waals surface area contributed by atoms with Crippen LogP contribution in [0.15, 0.2) is 72.8 Å². The Kier molecular flexibility index (Phi) is 6.73. The smallest absolute Gasteiger partial charge is 0.255 e. The van der Waals surface area contributed by atoms with Crippen molar-refractivity contribution in [2.45, 2.75) is 39.5 Å². The van der Waals surface area contributed by atoms with Crippen molar-refractivity contribution < 1.29 is 9.59 Å². The van der Waals surface area contributed by atoms with Gasteiger partial charge in [-0.3, -0.25) is 9.59 Å². The number of nitrogens with zero attached hydrogens (tertiary/aromatic N) is 1. The number of allylic oxidation sites excluding steroid dienone is 1. The highest BCUT2D eigenvalue weighted by atomic mass is 16.1. The zero-order valence-corrected chi connectivity index (χ0v) is 19.9. The number of benzene rings is 3. The van der Waals surface area contributed by atoms with E-state index in [1.165, 1.54) is 6.08 Å². The lowest BCUT2D eigenvalue weighted by Gasteiger charge is -2.15. The first-order chi connectivity index (χ1) is 16.3. The zero-order valence-electron chi connectivity index (χ0n) is 19.9. The Morgan fingerprint density at radius 2 is 1.59 bits per heavy atom. The molecule has 0 aliphatic heterocycles. The van der Waals surface area contributed by atoms with Crippen molar-refractivity contribution in [3.8, 4) is 0 Å². The highest BCUT2D eigenvalue weighted by Crippen LogP contribution is 2.26. The summed E-state index contributed by atoms with van der Waals surface area (Å²) in [6.45, 7) is 8.36. The third-order valence-corrected chi connectivity index (χ3v) is 5.84. The summed E-state index contributed by atoms with van der Waals surface area (Å²) in [6, 6.07) is 21.0. The lowest BCUT2D eigenvalue weighted by molar-refractivity contribution is 0.102. The summed E-state index contributed by atoms with van der Waals surface area (Å²) in [6.07, 6.45) is 3.32. The topological polar surface area (TPSA) is 74.8 Å². The largest absolute Gasteiger partial charge is 0.335 e. The van der Waals surface area contributed by atoms with Crippen molar-refractivity contribution in [1.29, 1.82) is 0 Å². The molecule has 172 valence electrons. The van der Waals surface area contributed by atoms with Crippen LogP contribution in [0.2, 0.25) is 0 Å². The maximum atomic E-state index is 13.0. The van der Waals surface area contributed by atoms with Crippen molar-refractivity contribution in [2.24, 2.45) is 0 Å². The predicted octanol–water partition coefficient (Wildman–Crippen LogP) is 6.96. The van der Waals surface area contributed by atoms with E-state index in [2.05, 4.69) is 43.0 Å². The van der Waals surface area contributed by atoms with Gasteiger partial charge in [0.05, 0.1) is 11.0 Å². The molecule has 0 aliphatic carbocycles. The van der Waals surface area contributed by atoms with Crippen LogP contribution < -0.4 is 5.32 Å². The van der Waals surface area contributed by atoms with E-state index in [0.29, 0.717) is 17.3 Å². The van der Waals surface area contributed by atoms with Crippen LogP contribution in [0.5, 0.6) is 0 Å².